The first-order valence-corrected chi connectivity index (χ1v) is 11.0. The van der Waals surface area contributed by atoms with Crippen LogP contribution in [-0.4, -0.2) is 22.6 Å². The number of hydrogen-bond acceptors (Lipinski definition) is 4. The number of methoxy groups -OCH3 is 1. The van der Waals surface area contributed by atoms with Crippen LogP contribution in [0.15, 0.2) is 53.5 Å². The van der Waals surface area contributed by atoms with Crippen molar-refractivity contribution in [2.75, 3.05) is 7.11 Å². The summed E-state index contributed by atoms with van der Waals surface area (Å²) in [6.07, 6.45) is 7.29. The predicted octanol–water partition coefficient (Wildman–Crippen LogP) is 5.79. The number of halogens is 1. The molecular formula is C23H25ClN2O2S. The van der Waals surface area contributed by atoms with Gasteiger partial charge < -0.3 is 9.30 Å². The van der Waals surface area contributed by atoms with E-state index in [0.29, 0.717) is 18.5 Å². The van der Waals surface area contributed by atoms with Crippen LogP contribution in [0.2, 0.25) is 5.02 Å². The van der Waals surface area contributed by atoms with Gasteiger partial charge in [-0.2, -0.15) is 0 Å². The molecule has 6 heteroatoms. The van der Waals surface area contributed by atoms with Crippen molar-refractivity contribution in [3.63, 3.8) is 0 Å². The first-order valence-electron chi connectivity index (χ1n) is 9.71. The molecule has 0 saturated heterocycles. The fourth-order valence-electron chi connectivity index (χ4n) is 3.15. The van der Waals surface area contributed by atoms with E-state index in [9.17, 15) is 4.79 Å². The normalized spacial score (nSPS) is 11.6. The molecule has 0 bridgehead atoms. The molecule has 0 fully saturated rings. The number of ether oxygens (including phenoxy) is 1. The van der Waals surface area contributed by atoms with Gasteiger partial charge in [0.05, 0.1) is 25.5 Å². The van der Waals surface area contributed by atoms with Crippen molar-refractivity contribution >= 4 is 35.0 Å². The van der Waals surface area contributed by atoms with E-state index < -0.39 is 0 Å². The first kappa shape index (κ1) is 21.3. The Morgan fingerprint density at radius 3 is 2.79 bits per heavy atom. The Bertz CT molecular complexity index is 977. The van der Waals surface area contributed by atoms with Crippen LogP contribution >= 0.6 is 22.9 Å². The van der Waals surface area contributed by atoms with E-state index in [1.165, 1.54) is 7.11 Å². The van der Waals surface area contributed by atoms with E-state index >= 15 is 0 Å². The van der Waals surface area contributed by atoms with Crippen LogP contribution in [0.4, 0.5) is 0 Å². The van der Waals surface area contributed by atoms with Gasteiger partial charge in [-0.15, -0.1) is 11.3 Å². The van der Waals surface area contributed by atoms with Gasteiger partial charge in [0.2, 0.25) is 0 Å². The van der Waals surface area contributed by atoms with Gasteiger partial charge in [0.25, 0.3) is 0 Å². The SMILES string of the molecule is CCCCc1ncc(C=C(Cc2cccs2)C(=O)OC)n1Cc1ccccc1Cl. The molecule has 0 aliphatic heterocycles. The molecule has 2 aromatic heterocycles. The van der Waals surface area contributed by atoms with E-state index in [-0.39, 0.29) is 5.97 Å². The number of nitrogens with zero attached hydrogens (tertiary/aromatic N) is 2. The predicted molar refractivity (Wildman–Crippen MR) is 119 cm³/mol. The topological polar surface area (TPSA) is 44.1 Å². The van der Waals surface area contributed by atoms with Gasteiger partial charge >= 0.3 is 5.97 Å². The summed E-state index contributed by atoms with van der Waals surface area (Å²) in [5.41, 5.74) is 2.52. The van der Waals surface area contributed by atoms with E-state index in [1.54, 1.807) is 11.3 Å². The second-order valence-electron chi connectivity index (χ2n) is 6.80. The van der Waals surface area contributed by atoms with E-state index in [1.807, 2.05) is 54.1 Å². The summed E-state index contributed by atoms with van der Waals surface area (Å²) in [5, 5.41) is 2.73. The zero-order chi connectivity index (χ0) is 20.6. The van der Waals surface area contributed by atoms with Gasteiger partial charge in [0, 0.05) is 28.3 Å². The second-order valence-corrected chi connectivity index (χ2v) is 8.24. The average Bonchev–Trinajstić information content (AvgIpc) is 3.37. The number of thiophene rings is 1. The maximum Gasteiger partial charge on any atom is 0.334 e. The smallest absolute Gasteiger partial charge is 0.334 e. The number of unbranched alkanes of at least 4 members (excludes halogenated alkanes) is 1. The Kier molecular flexibility index (Phi) is 7.67. The van der Waals surface area contributed by atoms with E-state index in [4.69, 9.17) is 16.3 Å². The Morgan fingerprint density at radius 1 is 1.28 bits per heavy atom. The third-order valence-corrected chi connectivity index (χ3v) is 5.97. The van der Waals surface area contributed by atoms with Crippen molar-refractivity contribution in [2.24, 2.45) is 0 Å². The van der Waals surface area contributed by atoms with Crippen molar-refractivity contribution in [1.29, 1.82) is 0 Å². The maximum atomic E-state index is 12.4. The Balaban J connectivity index is 1.99. The molecule has 0 N–H and O–H groups in total. The molecule has 0 aliphatic carbocycles. The Morgan fingerprint density at radius 2 is 2.10 bits per heavy atom. The lowest BCUT2D eigenvalue weighted by atomic mass is 10.1. The minimum atomic E-state index is -0.320. The molecule has 0 atom stereocenters. The third kappa shape index (κ3) is 5.58. The number of imidazole rings is 1. The van der Waals surface area contributed by atoms with Crippen molar-refractivity contribution in [1.82, 2.24) is 9.55 Å². The molecule has 152 valence electrons. The number of carbonyl (C=O) groups is 1. The highest BCUT2D eigenvalue weighted by atomic mass is 35.5. The molecule has 0 saturated carbocycles. The number of carbonyl (C=O) groups excluding carboxylic acids is 1. The van der Waals surface area contributed by atoms with Crippen LogP contribution in [0.25, 0.3) is 6.08 Å². The first-order chi connectivity index (χ1) is 14.1. The molecule has 0 aliphatic rings. The molecule has 0 radical (unpaired) electrons. The fraction of sp³-hybridized carbons (Fsp3) is 0.304. The molecule has 4 nitrogen and oxygen atoms in total. The van der Waals surface area contributed by atoms with Gasteiger partial charge in [0.15, 0.2) is 0 Å². The molecule has 3 aromatic rings. The highest BCUT2D eigenvalue weighted by Gasteiger charge is 2.16. The quantitative estimate of drug-likeness (QED) is 0.320. The minimum Gasteiger partial charge on any atom is -0.466 e. The van der Waals surface area contributed by atoms with Gasteiger partial charge in [-0.1, -0.05) is 49.2 Å². The highest BCUT2D eigenvalue weighted by Crippen LogP contribution is 2.22. The zero-order valence-corrected chi connectivity index (χ0v) is 18.3. The monoisotopic (exact) mass is 428 g/mol. The van der Waals surface area contributed by atoms with Gasteiger partial charge in [-0.25, -0.2) is 9.78 Å². The number of hydrogen-bond donors (Lipinski definition) is 0. The number of rotatable bonds is 9. The third-order valence-electron chi connectivity index (χ3n) is 4.72. The number of aromatic nitrogens is 2. The summed E-state index contributed by atoms with van der Waals surface area (Å²) in [4.78, 5) is 18.2. The molecule has 0 unspecified atom stereocenters. The summed E-state index contributed by atoms with van der Waals surface area (Å²) in [6.45, 7) is 2.77. The van der Waals surface area contributed by atoms with Crippen LogP contribution in [-0.2, 0) is 28.9 Å². The molecule has 1 aromatic carbocycles. The summed E-state index contributed by atoms with van der Waals surface area (Å²) < 4.78 is 7.18. The summed E-state index contributed by atoms with van der Waals surface area (Å²) in [5.74, 6) is 0.678. The molecule has 0 spiro atoms. The molecular weight excluding hydrogens is 404 g/mol. The van der Waals surface area contributed by atoms with Gasteiger partial charge in [-0.05, 0) is 35.6 Å². The van der Waals surface area contributed by atoms with Crippen LogP contribution in [0.1, 0.15) is 41.7 Å². The van der Waals surface area contributed by atoms with Crippen LogP contribution < -0.4 is 0 Å². The van der Waals surface area contributed by atoms with Gasteiger partial charge in [0.1, 0.15) is 5.82 Å². The lowest BCUT2D eigenvalue weighted by Gasteiger charge is -2.13. The van der Waals surface area contributed by atoms with Gasteiger partial charge in [-0.3, -0.25) is 0 Å². The standard InChI is InChI=1S/C23H25ClN2O2S/c1-3-4-11-22-25-15-19(26(22)16-17-8-5-6-10-21(17)24)13-18(23(27)28-2)14-20-9-7-12-29-20/h5-10,12-13,15H,3-4,11,14,16H2,1-2H3. The molecule has 2 heterocycles. The Labute approximate surface area is 180 Å². The summed E-state index contributed by atoms with van der Waals surface area (Å²) >= 11 is 8.03. The van der Waals surface area contributed by atoms with Crippen molar-refractivity contribution < 1.29 is 9.53 Å². The molecule has 29 heavy (non-hydrogen) atoms. The number of benzene rings is 1. The second kappa shape index (κ2) is 10.4. The molecule has 3 rings (SSSR count). The minimum absolute atomic E-state index is 0.320. The average molecular weight is 429 g/mol. The highest BCUT2D eigenvalue weighted by molar-refractivity contribution is 7.09. The van der Waals surface area contributed by atoms with E-state index in [2.05, 4.69) is 16.5 Å². The number of esters is 1. The summed E-state index contributed by atoms with van der Waals surface area (Å²) in [7, 11) is 1.41. The fourth-order valence-corrected chi connectivity index (χ4v) is 4.07. The van der Waals surface area contributed by atoms with Crippen LogP contribution in [0.3, 0.4) is 0 Å². The van der Waals surface area contributed by atoms with Crippen molar-refractivity contribution in [3.05, 3.63) is 80.5 Å². The lowest BCUT2D eigenvalue weighted by molar-refractivity contribution is -0.136. The number of aryl methyl sites for hydroxylation is 1. The lowest BCUT2D eigenvalue weighted by Crippen LogP contribution is -2.10. The largest absolute Gasteiger partial charge is 0.466 e. The molecule has 0 amide bonds. The van der Waals surface area contributed by atoms with Crippen molar-refractivity contribution in [2.45, 2.75) is 39.2 Å². The van der Waals surface area contributed by atoms with Crippen LogP contribution in [0, 0.1) is 0 Å². The maximum absolute atomic E-state index is 12.4. The van der Waals surface area contributed by atoms with E-state index in [0.717, 1.165) is 46.2 Å². The van der Waals surface area contributed by atoms with Crippen molar-refractivity contribution in [3.8, 4) is 0 Å². The Hall–Kier alpha value is -2.37. The van der Waals surface area contributed by atoms with Crippen LogP contribution in [0.5, 0.6) is 0 Å². The summed E-state index contributed by atoms with van der Waals surface area (Å²) in [6, 6.07) is 11.8. The zero-order valence-electron chi connectivity index (χ0n) is 16.7.